The zero-order valence-electron chi connectivity index (χ0n) is 11.3. The van der Waals surface area contributed by atoms with E-state index in [0.29, 0.717) is 16.7 Å². The van der Waals surface area contributed by atoms with E-state index >= 15 is 0 Å². The lowest BCUT2D eigenvalue weighted by atomic mass is 10.1. The van der Waals surface area contributed by atoms with Crippen molar-refractivity contribution < 1.29 is 18.1 Å². The molecule has 0 aliphatic heterocycles. The first kappa shape index (κ1) is 16.8. The van der Waals surface area contributed by atoms with Gasteiger partial charge in [-0.1, -0.05) is 23.7 Å². The van der Waals surface area contributed by atoms with E-state index in [-0.39, 0.29) is 5.69 Å². The summed E-state index contributed by atoms with van der Waals surface area (Å²) in [6, 6.07) is 8.74. The van der Waals surface area contributed by atoms with Crippen molar-refractivity contribution in [2.24, 2.45) is 5.10 Å². The fourth-order valence-corrected chi connectivity index (χ4v) is 1.80. The average molecular weight is 344 g/mol. The predicted octanol–water partition coefficient (Wildman–Crippen LogP) is 4.71. The highest BCUT2D eigenvalue weighted by Crippen LogP contribution is 2.34. The summed E-state index contributed by atoms with van der Waals surface area (Å²) in [5.41, 5.74) is 1.07. The molecule has 0 heterocycles. The normalized spacial score (nSPS) is 11.7. The number of nitro groups is 1. The number of anilines is 1. The Kier molecular flexibility index (Phi) is 4.85. The van der Waals surface area contributed by atoms with Crippen molar-refractivity contribution in [3.8, 4) is 0 Å². The maximum Gasteiger partial charge on any atom is 0.416 e. The number of halogens is 4. The van der Waals surface area contributed by atoms with Crippen LogP contribution < -0.4 is 5.43 Å². The van der Waals surface area contributed by atoms with Crippen LogP contribution in [0.2, 0.25) is 5.02 Å². The molecule has 0 spiro atoms. The van der Waals surface area contributed by atoms with E-state index in [0.717, 1.165) is 12.1 Å². The van der Waals surface area contributed by atoms with E-state index < -0.39 is 22.4 Å². The second-order valence-corrected chi connectivity index (χ2v) is 4.84. The fourth-order valence-electron chi connectivity index (χ4n) is 1.68. The summed E-state index contributed by atoms with van der Waals surface area (Å²) in [5, 5.41) is 15.2. The summed E-state index contributed by atoms with van der Waals surface area (Å²) in [6.45, 7) is 0. The van der Waals surface area contributed by atoms with Crippen LogP contribution in [-0.4, -0.2) is 11.1 Å². The van der Waals surface area contributed by atoms with Crippen LogP contribution in [0, 0.1) is 10.1 Å². The van der Waals surface area contributed by atoms with Crippen LogP contribution in [0.3, 0.4) is 0 Å². The maximum atomic E-state index is 12.6. The highest BCUT2D eigenvalue weighted by molar-refractivity contribution is 6.30. The van der Waals surface area contributed by atoms with Gasteiger partial charge in [-0.25, -0.2) is 0 Å². The molecule has 9 heteroatoms. The minimum Gasteiger partial charge on any atom is -0.272 e. The zero-order valence-corrected chi connectivity index (χ0v) is 12.1. The largest absolute Gasteiger partial charge is 0.416 e. The van der Waals surface area contributed by atoms with Gasteiger partial charge in [-0.15, -0.1) is 0 Å². The lowest BCUT2D eigenvalue weighted by Crippen LogP contribution is -2.06. The molecule has 0 unspecified atom stereocenters. The molecule has 0 amide bonds. The fraction of sp³-hybridized carbons (Fsp3) is 0.0714. The Labute approximate surface area is 133 Å². The van der Waals surface area contributed by atoms with Crippen LogP contribution >= 0.6 is 11.6 Å². The van der Waals surface area contributed by atoms with Crippen LogP contribution in [0.4, 0.5) is 24.5 Å². The molecule has 0 fully saturated rings. The second kappa shape index (κ2) is 6.66. The van der Waals surface area contributed by atoms with Crippen molar-refractivity contribution in [3.63, 3.8) is 0 Å². The molecule has 0 saturated carbocycles. The van der Waals surface area contributed by atoms with Crippen LogP contribution in [-0.2, 0) is 6.18 Å². The molecule has 0 aromatic heterocycles. The standard InChI is InChI=1S/C14H9ClF3N3O2/c15-11-4-1-9(2-5-11)8-19-20-12-6-3-10(14(16,17)18)7-13(12)21(22)23/h1-8,20H/b19-8+. The molecular formula is C14H9ClF3N3O2. The van der Waals surface area contributed by atoms with Gasteiger partial charge in [-0.05, 0) is 29.8 Å². The Balaban J connectivity index is 2.22. The van der Waals surface area contributed by atoms with Crippen molar-refractivity contribution in [1.29, 1.82) is 0 Å². The molecule has 0 aliphatic rings. The molecule has 5 nitrogen and oxygen atoms in total. The minimum atomic E-state index is -4.66. The third-order valence-electron chi connectivity index (χ3n) is 2.79. The molecule has 0 atom stereocenters. The molecule has 1 N–H and O–H groups in total. The lowest BCUT2D eigenvalue weighted by molar-refractivity contribution is -0.384. The smallest absolute Gasteiger partial charge is 0.272 e. The number of hydrogen-bond donors (Lipinski definition) is 1. The number of hydrazone groups is 1. The summed E-state index contributed by atoms with van der Waals surface area (Å²) in [4.78, 5) is 10.00. The first-order chi connectivity index (χ1) is 10.8. The predicted molar refractivity (Wildman–Crippen MR) is 80.8 cm³/mol. The van der Waals surface area contributed by atoms with Crippen molar-refractivity contribution in [3.05, 3.63) is 68.7 Å². The summed E-state index contributed by atoms with van der Waals surface area (Å²) < 4.78 is 37.8. The molecule has 23 heavy (non-hydrogen) atoms. The van der Waals surface area contributed by atoms with E-state index in [9.17, 15) is 23.3 Å². The van der Waals surface area contributed by atoms with Gasteiger partial charge in [0.2, 0.25) is 0 Å². The Hall–Kier alpha value is -2.61. The van der Waals surface area contributed by atoms with E-state index in [1.807, 2.05) is 0 Å². The van der Waals surface area contributed by atoms with Gasteiger partial charge in [0.25, 0.3) is 5.69 Å². The Morgan fingerprint density at radius 3 is 2.39 bits per heavy atom. The maximum absolute atomic E-state index is 12.6. The van der Waals surface area contributed by atoms with Crippen LogP contribution in [0.5, 0.6) is 0 Å². The number of benzene rings is 2. The Bertz CT molecular complexity index is 746. The van der Waals surface area contributed by atoms with Gasteiger partial charge < -0.3 is 0 Å². The van der Waals surface area contributed by atoms with Crippen molar-refractivity contribution >= 4 is 29.2 Å². The van der Waals surface area contributed by atoms with Crippen LogP contribution in [0.1, 0.15) is 11.1 Å². The Morgan fingerprint density at radius 2 is 1.83 bits per heavy atom. The molecule has 120 valence electrons. The number of alkyl halides is 3. The van der Waals surface area contributed by atoms with Gasteiger partial charge in [0.15, 0.2) is 0 Å². The quantitative estimate of drug-likeness (QED) is 0.496. The van der Waals surface area contributed by atoms with E-state index in [2.05, 4.69) is 10.5 Å². The highest BCUT2D eigenvalue weighted by atomic mass is 35.5. The molecule has 0 radical (unpaired) electrons. The molecule has 2 aromatic rings. The van der Waals surface area contributed by atoms with Crippen molar-refractivity contribution in [1.82, 2.24) is 0 Å². The van der Waals surface area contributed by atoms with E-state index in [4.69, 9.17) is 11.6 Å². The van der Waals surface area contributed by atoms with Crippen molar-refractivity contribution in [2.75, 3.05) is 5.43 Å². The third kappa shape index (κ3) is 4.43. The molecule has 2 aromatic carbocycles. The van der Waals surface area contributed by atoms with Crippen LogP contribution in [0.15, 0.2) is 47.6 Å². The number of nitrogens with one attached hydrogen (secondary N) is 1. The molecular weight excluding hydrogens is 335 g/mol. The van der Waals surface area contributed by atoms with Gasteiger partial charge in [0.1, 0.15) is 5.69 Å². The summed E-state index contributed by atoms with van der Waals surface area (Å²) in [6.07, 6.45) is -3.30. The number of hydrogen-bond acceptors (Lipinski definition) is 4. The van der Waals surface area contributed by atoms with E-state index in [1.165, 1.54) is 6.21 Å². The topological polar surface area (TPSA) is 67.5 Å². The van der Waals surface area contributed by atoms with Crippen molar-refractivity contribution in [2.45, 2.75) is 6.18 Å². The first-order valence-corrected chi connectivity index (χ1v) is 6.55. The zero-order chi connectivity index (χ0) is 17.0. The van der Waals surface area contributed by atoms with Crippen LogP contribution in [0.25, 0.3) is 0 Å². The SMILES string of the molecule is O=[N+]([O-])c1cc(C(F)(F)F)ccc1N/N=C/c1ccc(Cl)cc1. The molecule has 0 saturated heterocycles. The summed E-state index contributed by atoms with van der Waals surface area (Å²) in [7, 11) is 0. The summed E-state index contributed by atoms with van der Waals surface area (Å²) in [5.74, 6) is 0. The molecule has 2 rings (SSSR count). The summed E-state index contributed by atoms with van der Waals surface area (Å²) >= 11 is 5.72. The minimum absolute atomic E-state index is 0.145. The van der Waals surface area contributed by atoms with Gasteiger partial charge in [0, 0.05) is 11.1 Å². The number of nitro benzene ring substituents is 1. The molecule has 0 bridgehead atoms. The molecule has 0 aliphatic carbocycles. The third-order valence-corrected chi connectivity index (χ3v) is 3.04. The van der Waals surface area contributed by atoms with E-state index in [1.54, 1.807) is 24.3 Å². The van der Waals surface area contributed by atoms with Gasteiger partial charge in [0.05, 0.1) is 16.7 Å². The lowest BCUT2D eigenvalue weighted by Gasteiger charge is -2.08. The van der Waals surface area contributed by atoms with Gasteiger partial charge in [-0.2, -0.15) is 18.3 Å². The Morgan fingerprint density at radius 1 is 1.17 bits per heavy atom. The number of nitrogens with zero attached hydrogens (tertiary/aromatic N) is 2. The van der Waals surface area contributed by atoms with Gasteiger partial charge >= 0.3 is 6.18 Å². The average Bonchev–Trinajstić information content (AvgIpc) is 2.48. The monoisotopic (exact) mass is 343 g/mol. The highest BCUT2D eigenvalue weighted by Gasteiger charge is 2.33. The second-order valence-electron chi connectivity index (χ2n) is 4.41. The van der Waals surface area contributed by atoms with Gasteiger partial charge in [-0.3, -0.25) is 15.5 Å². The first-order valence-electron chi connectivity index (χ1n) is 6.17. The number of rotatable bonds is 4.